The van der Waals surface area contributed by atoms with Gasteiger partial charge in [-0.15, -0.1) is 0 Å². The number of carbonyl (C=O) groups is 1. The minimum Gasteiger partial charge on any atom is -0.357 e. The van der Waals surface area contributed by atoms with Crippen LogP contribution >= 0.6 is 0 Å². The highest BCUT2D eigenvalue weighted by atomic mass is 19.1. The number of rotatable bonds is 5. The summed E-state index contributed by atoms with van der Waals surface area (Å²) in [7, 11) is 0. The summed E-state index contributed by atoms with van der Waals surface area (Å²) in [6.07, 6.45) is 5.19. The Labute approximate surface area is 147 Å². The van der Waals surface area contributed by atoms with Gasteiger partial charge in [-0.25, -0.2) is 9.97 Å². The van der Waals surface area contributed by atoms with Gasteiger partial charge in [-0.2, -0.15) is 4.39 Å². The van der Waals surface area contributed by atoms with Crippen molar-refractivity contribution in [2.75, 3.05) is 31.1 Å². The maximum Gasteiger partial charge on any atom is 0.254 e. The first-order valence-corrected chi connectivity index (χ1v) is 8.74. The molecule has 25 heavy (non-hydrogen) atoms. The zero-order valence-corrected chi connectivity index (χ0v) is 14.4. The smallest absolute Gasteiger partial charge is 0.254 e. The summed E-state index contributed by atoms with van der Waals surface area (Å²) in [6, 6.07) is 8.72. The molecule has 0 radical (unpaired) electrons. The summed E-state index contributed by atoms with van der Waals surface area (Å²) in [6.45, 7) is 5.16. The van der Waals surface area contributed by atoms with Gasteiger partial charge in [0.1, 0.15) is 5.82 Å². The zero-order valence-electron chi connectivity index (χ0n) is 14.4. The molecule has 5 nitrogen and oxygen atoms in total. The zero-order chi connectivity index (χ0) is 17.6. The highest BCUT2D eigenvalue weighted by molar-refractivity contribution is 5.94. The minimum atomic E-state index is -0.620. The van der Waals surface area contributed by atoms with Gasteiger partial charge in [0.2, 0.25) is 5.95 Å². The predicted octanol–water partition coefficient (Wildman–Crippen LogP) is 2.99. The van der Waals surface area contributed by atoms with Crippen molar-refractivity contribution in [2.24, 2.45) is 5.92 Å². The van der Waals surface area contributed by atoms with E-state index in [0.29, 0.717) is 24.6 Å². The summed E-state index contributed by atoms with van der Waals surface area (Å²) in [5, 5.41) is 0. The third-order valence-electron chi connectivity index (χ3n) is 4.71. The second-order valence-electron chi connectivity index (χ2n) is 6.33. The third kappa shape index (κ3) is 4.32. The van der Waals surface area contributed by atoms with Crippen LogP contribution in [0.25, 0.3) is 0 Å². The molecular weight excluding hydrogens is 319 g/mol. The van der Waals surface area contributed by atoms with Crippen LogP contribution in [0.3, 0.4) is 0 Å². The molecule has 2 aromatic rings. The summed E-state index contributed by atoms with van der Waals surface area (Å²) in [5.74, 6) is 0.716. The van der Waals surface area contributed by atoms with Gasteiger partial charge < -0.3 is 9.80 Å². The highest BCUT2D eigenvalue weighted by Gasteiger charge is 2.24. The SMILES string of the molecule is CCN(CC1CCN(c2ccccn2)CC1)C(=O)c1ccnc(F)c1. The Morgan fingerprint density at radius 1 is 1.24 bits per heavy atom. The first-order valence-electron chi connectivity index (χ1n) is 8.74. The van der Waals surface area contributed by atoms with Crippen LogP contribution in [0.2, 0.25) is 0 Å². The largest absolute Gasteiger partial charge is 0.357 e. The fourth-order valence-corrected chi connectivity index (χ4v) is 3.27. The summed E-state index contributed by atoms with van der Waals surface area (Å²) in [4.78, 5) is 24.6. The van der Waals surface area contributed by atoms with Gasteiger partial charge in [0.05, 0.1) is 0 Å². The van der Waals surface area contributed by atoms with Gasteiger partial charge in [0.15, 0.2) is 0 Å². The van der Waals surface area contributed by atoms with E-state index in [0.717, 1.165) is 31.7 Å². The Bertz CT molecular complexity index is 702. The van der Waals surface area contributed by atoms with Crippen LogP contribution in [0.1, 0.15) is 30.1 Å². The number of aromatic nitrogens is 2. The Kier molecular flexibility index (Phi) is 5.58. The minimum absolute atomic E-state index is 0.129. The number of amides is 1. The van der Waals surface area contributed by atoms with E-state index in [1.165, 1.54) is 12.3 Å². The Hall–Kier alpha value is -2.50. The first-order chi connectivity index (χ1) is 12.2. The average Bonchev–Trinajstić information content (AvgIpc) is 2.67. The van der Waals surface area contributed by atoms with E-state index in [1.807, 2.05) is 31.3 Å². The van der Waals surface area contributed by atoms with Crippen molar-refractivity contribution in [1.82, 2.24) is 14.9 Å². The van der Waals surface area contributed by atoms with E-state index in [9.17, 15) is 9.18 Å². The fourth-order valence-electron chi connectivity index (χ4n) is 3.27. The van der Waals surface area contributed by atoms with Gasteiger partial charge in [0.25, 0.3) is 5.91 Å². The standard InChI is InChI=1S/C19H23FN4O/c1-2-23(19(25)16-6-10-21-17(20)13-16)14-15-7-11-24(12-8-15)18-5-3-4-9-22-18/h3-6,9-10,13,15H,2,7-8,11-12,14H2,1H3. The van der Waals surface area contributed by atoms with E-state index >= 15 is 0 Å². The Morgan fingerprint density at radius 2 is 2.04 bits per heavy atom. The molecule has 0 spiro atoms. The monoisotopic (exact) mass is 342 g/mol. The van der Waals surface area contributed by atoms with Gasteiger partial charge in [-0.05, 0) is 43.9 Å². The molecule has 1 aliphatic heterocycles. The number of anilines is 1. The molecule has 1 amide bonds. The molecule has 6 heteroatoms. The number of carbonyl (C=O) groups excluding carboxylic acids is 1. The molecule has 0 atom stereocenters. The van der Waals surface area contributed by atoms with Crippen LogP contribution in [-0.2, 0) is 0 Å². The summed E-state index contributed by atoms with van der Waals surface area (Å²) < 4.78 is 13.3. The molecule has 0 unspecified atom stereocenters. The first kappa shape index (κ1) is 17.3. The van der Waals surface area contributed by atoms with Gasteiger partial charge in [-0.3, -0.25) is 4.79 Å². The molecule has 132 valence electrons. The second kappa shape index (κ2) is 8.05. The van der Waals surface area contributed by atoms with E-state index in [4.69, 9.17) is 0 Å². The lowest BCUT2D eigenvalue weighted by Crippen LogP contribution is -2.41. The van der Waals surface area contributed by atoms with Crippen LogP contribution in [0, 0.1) is 11.9 Å². The molecule has 1 saturated heterocycles. The average molecular weight is 342 g/mol. The molecule has 0 aliphatic carbocycles. The molecule has 3 rings (SSSR count). The normalized spacial score (nSPS) is 15.2. The molecule has 2 aromatic heterocycles. The van der Waals surface area contributed by atoms with Gasteiger partial charge in [-0.1, -0.05) is 6.07 Å². The lowest BCUT2D eigenvalue weighted by molar-refractivity contribution is 0.0728. The second-order valence-corrected chi connectivity index (χ2v) is 6.33. The third-order valence-corrected chi connectivity index (χ3v) is 4.71. The van der Waals surface area contributed by atoms with Crippen molar-refractivity contribution in [3.05, 3.63) is 54.2 Å². The molecule has 3 heterocycles. The van der Waals surface area contributed by atoms with Crippen LogP contribution in [0.15, 0.2) is 42.7 Å². The van der Waals surface area contributed by atoms with Crippen LogP contribution in [0.4, 0.5) is 10.2 Å². The molecule has 0 aromatic carbocycles. The Balaban J connectivity index is 1.57. The summed E-state index contributed by atoms with van der Waals surface area (Å²) >= 11 is 0. The van der Waals surface area contributed by atoms with Crippen molar-refractivity contribution >= 4 is 11.7 Å². The fraction of sp³-hybridized carbons (Fsp3) is 0.421. The Morgan fingerprint density at radius 3 is 2.68 bits per heavy atom. The van der Waals surface area contributed by atoms with E-state index in [1.54, 1.807) is 11.0 Å². The lowest BCUT2D eigenvalue weighted by atomic mass is 9.96. The molecule has 0 N–H and O–H groups in total. The number of hydrogen-bond donors (Lipinski definition) is 0. The van der Waals surface area contributed by atoms with Crippen LogP contribution in [0.5, 0.6) is 0 Å². The highest BCUT2D eigenvalue weighted by Crippen LogP contribution is 2.23. The van der Waals surface area contributed by atoms with E-state index in [-0.39, 0.29) is 5.91 Å². The molecular formula is C19H23FN4O. The lowest BCUT2D eigenvalue weighted by Gasteiger charge is -2.35. The van der Waals surface area contributed by atoms with Crippen molar-refractivity contribution in [3.8, 4) is 0 Å². The van der Waals surface area contributed by atoms with Crippen LogP contribution < -0.4 is 4.90 Å². The summed E-state index contributed by atoms with van der Waals surface area (Å²) in [5.41, 5.74) is 0.361. The number of halogens is 1. The topological polar surface area (TPSA) is 49.3 Å². The predicted molar refractivity (Wildman–Crippen MR) is 94.9 cm³/mol. The number of pyridine rings is 2. The molecule has 0 bridgehead atoms. The van der Waals surface area contributed by atoms with Crippen molar-refractivity contribution < 1.29 is 9.18 Å². The van der Waals surface area contributed by atoms with Gasteiger partial charge >= 0.3 is 0 Å². The molecule has 1 fully saturated rings. The molecule has 0 saturated carbocycles. The maximum atomic E-state index is 13.3. The quantitative estimate of drug-likeness (QED) is 0.784. The number of piperidine rings is 1. The van der Waals surface area contributed by atoms with E-state index in [2.05, 4.69) is 14.9 Å². The molecule has 1 aliphatic rings. The van der Waals surface area contributed by atoms with Gasteiger partial charge in [0, 0.05) is 50.2 Å². The van der Waals surface area contributed by atoms with Crippen LogP contribution in [-0.4, -0.2) is 47.0 Å². The van der Waals surface area contributed by atoms with Crippen molar-refractivity contribution in [3.63, 3.8) is 0 Å². The van der Waals surface area contributed by atoms with E-state index < -0.39 is 5.95 Å². The number of nitrogens with zero attached hydrogens (tertiary/aromatic N) is 4. The van der Waals surface area contributed by atoms with Crippen molar-refractivity contribution in [1.29, 1.82) is 0 Å². The number of hydrogen-bond acceptors (Lipinski definition) is 4. The van der Waals surface area contributed by atoms with Crippen molar-refractivity contribution in [2.45, 2.75) is 19.8 Å². The maximum absolute atomic E-state index is 13.3.